The third-order valence-corrected chi connectivity index (χ3v) is 5.58. The molecule has 0 fully saturated rings. The van der Waals surface area contributed by atoms with Gasteiger partial charge in [-0.05, 0) is 30.4 Å². The highest BCUT2D eigenvalue weighted by atomic mass is 16.6. The maximum atomic E-state index is 12.6. The van der Waals surface area contributed by atoms with Crippen molar-refractivity contribution in [1.82, 2.24) is 0 Å². The van der Waals surface area contributed by atoms with E-state index in [0.717, 1.165) is 11.1 Å². The van der Waals surface area contributed by atoms with Crippen molar-refractivity contribution in [3.63, 3.8) is 0 Å². The Morgan fingerprint density at radius 2 is 1.55 bits per heavy atom. The average Bonchev–Trinajstić information content (AvgIpc) is 2.73. The van der Waals surface area contributed by atoms with Gasteiger partial charge in [-0.15, -0.1) is 0 Å². The minimum Gasteiger partial charge on any atom is -0.489 e. The average molecular weight is 421 g/mol. The lowest BCUT2D eigenvalue weighted by molar-refractivity contribution is -0.161. The fraction of sp³-hybridized carbons (Fsp3) is 0.321. The third-order valence-electron chi connectivity index (χ3n) is 5.58. The van der Waals surface area contributed by atoms with Crippen LogP contribution in [-0.4, -0.2) is 19.2 Å². The molecule has 0 aromatic heterocycles. The van der Waals surface area contributed by atoms with Crippen molar-refractivity contribution in [3.05, 3.63) is 103 Å². The summed E-state index contributed by atoms with van der Waals surface area (Å²) in [5, 5.41) is 0. The number of carbonyl (C=O) groups is 1. The molecule has 0 radical (unpaired) electrons. The van der Waals surface area contributed by atoms with Crippen LogP contribution >= 0.6 is 0 Å². The SMILES string of the molecule is C=C/C=C\C(=C)C(=C)/C(OCCOC(=O)C(C)(C)C(C)(C)C)=C(\C=C)c1ccccc1. The van der Waals surface area contributed by atoms with Crippen LogP contribution in [0.15, 0.2) is 97.9 Å². The summed E-state index contributed by atoms with van der Waals surface area (Å²) in [7, 11) is 0. The van der Waals surface area contributed by atoms with Crippen LogP contribution < -0.4 is 0 Å². The summed E-state index contributed by atoms with van der Waals surface area (Å²) in [6.07, 6.45) is 7.01. The van der Waals surface area contributed by atoms with Crippen molar-refractivity contribution in [2.24, 2.45) is 10.8 Å². The van der Waals surface area contributed by atoms with Crippen LogP contribution in [0.5, 0.6) is 0 Å². The highest BCUT2D eigenvalue weighted by molar-refractivity contribution is 5.79. The molecule has 0 amide bonds. The predicted octanol–water partition coefficient (Wildman–Crippen LogP) is 7.07. The number of allylic oxidation sites excluding steroid dienone is 6. The lowest BCUT2D eigenvalue weighted by atomic mass is 9.69. The van der Waals surface area contributed by atoms with E-state index in [1.54, 1.807) is 18.2 Å². The largest absolute Gasteiger partial charge is 0.489 e. The first-order valence-electron chi connectivity index (χ1n) is 10.4. The molecule has 0 saturated heterocycles. The van der Waals surface area contributed by atoms with Crippen molar-refractivity contribution >= 4 is 11.5 Å². The van der Waals surface area contributed by atoms with Gasteiger partial charge in [-0.3, -0.25) is 4.79 Å². The summed E-state index contributed by atoms with van der Waals surface area (Å²) in [4.78, 5) is 12.6. The van der Waals surface area contributed by atoms with Crippen LogP contribution in [0.1, 0.15) is 40.2 Å². The third kappa shape index (κ3) is 6.99. The molecule has 0 bridgehead atoms. The van der Waals surface area contributed by atoms with Crippen LogP contribution in [-0.2, 0) is 14.3 Å². The minimum absolute atomic E-state index is 0.128. The fourth-order valence-electron chi connectivity index (χ4n) is 2.48. The second kappa shape index (κ2) is 11.4. The molecule has 3 heteroatoms. The van der Waals surface area contributed by atoms with Crippen LogP contribution in [0, 0.1) is 10.8 Å². The van der Waals surface area contributed by atoms with Crippen molar-refractivity contribution in [2.75, 3.05) is 13.2 Å². The lowest BCUT2D eigenvalue weighted by Crippen LogP contribution is -2.39. The topological polar surface area (TPSA) is 35.5 Å². The molecule has 1 aromatic carbocycles. The number of ether oxygens (including phenoxy) is 2. The van der Waals surface area contributed by atoms with E-state index in [2.05, 4.69) is 26.3 Å². The molecule has 0 saturated carbocycles. The van der Waals surface area contributed by atoms with Gasteiger partial charge in [-0.2, -0.15) is 0 Å². The van der Waals surface area contributed by atoms with Crippen LogP contribution in [0.2, 0.25) is 0 Å². The Kier molecular flexibility index (Phi) is 9.51. The molecule has 0 aliphatic rings. The first kappa shape index (κ1) is 26.0. The van der Waals surface area contributed by atoms with E-state index in [4.69, 9.17) is 9.47 Å². The molecule has 0 aliphatic carbocycles. The van der Waals surface area contributed by atoms with Gasteiger partial charge < -0.3 is 9.47 Å². The zero-order valence-electron chi connectivity index (χ0n) is 19.7. The number of hydrogen-bond acceptors (Lipinski definition) is 3. The molecule has 0 heterocycles. The zero-order chi connectivity index (χ0) is 23.7. The number of rotatable bonds is 11. The van der Waals surface area contributed by atoms with E-state index in [1.807, 2.05) is 71.0 Å². The fourth-order valence-corrected chi connectivity index (χ4v) is 2.48. The number of benzene rings is 1. The Balaban J connectivity index is 3.08. The summed E-state index contributed by atoms with van der Waals surface area (Å²) >= 11 is 0. The Morgan fingerprint density at radius 3 is 2.06 bits per heavy atom. The smallest absolute Gasteiger partial charge is 0.312 e. The first-order chi connectivity index (χ1) is 14.5. The Bertz CT molecular complexity index is 875. The Hall–Kier alpha value is -3.07. The van der Waals surface area contributed by atoms with E-state index in [1.165, 1.54) is 0 Å². The minimum atomic E-state index is -0.616. The molecule has 0 unspecified atom stereocenters. The molecule has 0 aliphatic heterocycles. The molecule has 31 heavy (non-hydrogen) atoms. The lowest BCUT2D eigenvalue weighted by Gasteiger charge is -2.36. The first-order valence-corrected chi connectivity index (χ1v) is 10.4. The molecule has 1 rings (SSSR count). The van der Waals surface area contributed by atoms with Gasteiger partial charge >= 0.3 is 5.97 Å². The molecule has 3 nitrogen and oxygen atoms in total. The van der Waals surface area contributed by atoms with Gasteiger partial charge in [0.05, 0.1) is 5.41 Å². The van der Waals surface area contributed by atoms with Crippen LogP contribution in [0.25, 0.3) is 5.57 Å². The predicted molar refractivity (Wildman–Crippen MR) is 131 cm³/mol. The molecular formula is C28H36O3. The monoisotopic (exact) mass is 420 g/mol. The highest BCUT2D eigenvalue weighted by Gasteiger charge is 2.41. The normalized spacial score (nSPS) is 12.7. The second-order valence-electron chi connectivity index (χ2n) is 8.77. The summed E-state index contributed by atoms with van der Waals surface area (Å²) in [6.45, 7) is 26.0. The van der Waals surface area contributed by atoms with E-state index < -0.39 is 5.41 Å². The summed E-state index contributed by atoms with van der Waals surface area (Å²) in [5.41, 5.74) is 2.22. The number of carbonyl (C=O) groups excluding carboxylic acids is 1. The maximum Gasteiger partial charge on any atom is 0.312 e. The van der Waals surface area contributed by atoms with Gasteiger partial charge in [0.15, 0.2) is 0 Å². The van der Waals surface area contributed by atoms with Gasteiger partial charge in [0.1, 0.15) is 19.0 Å². The van der Waals surface area contributed by atoms with E-state index in [-0.39, 0.29) is 24.6 Å². The van der Waals surface area contributed by atoms with Crippen molar-refractivity contribution in [2.45, 2.75) is 34.6 Å². The van der Waals surface area contributed by atoms with Crippen LogP contribution in [0.4, 0.5) is 0 Å². The van der Waals surface area contributed by atoms with E-state index in [0.29, 0.717) is 16.9 Å². The van der Waals surface area contributed by atoms with Crippen molar-refractivity contribution in [1.29, 1.82) is 0 Å². The summed E-state index contributed by atoms with van der Waals surface area (Å²) in [6, 6.07) is 9.79. The molecular weight excluding hydrogens is 384 g/mol. The van der Waals surface area contributed by atoms with Crippen molar-refractivity contribution in [3.8, 4) is 0 Å². The zero-order valence-corrected chi connectivity index (χ0v) is 19.7. The number of hydrogen-bond donors (Lipinski definition) is 0. The highest BCUT2D eigenvalue weighted by Crippen LogP contribution is 2.38. The molecule has 0 N–H and O–H groups in total. The molecule has 166 valence electrons. The Morgan fingerprint density at radius 1 is 0.968 bits per heavy atom. The van der Waals surface area contributed by atoms with Crippen molar-refractivity contribution < 1.29 is 14.3 Å². The van der Waals surface area contributed by atoms with Gasteiger partial charge in [0.2, 0.25) is 0 Å². The summed E-state index contributed by atoms with van der Waals surface area (Å²) in [5.74, 6) is 0.296. The Labute approximate surface area is 188 Å². The standard InChI is InChI=1S/C28H36O3/c1-10-12-16-21(3)22(4)25(24(11-2)23-17-14-13-15-18-23)30-19-20-31-26(29)28(8,9)27(5,6)7/h10-18H,1-4,19-20H2,5-9H3/b16-12-,25-24-. The van der Waals surface area contributed by atoms with E-state index in [9.17, 15) is 4.79 Å². The molecule has 1 aromatic rings. The van der Waals surface area contributed by atoms with Gasteiger partial charge in [-0.1, -0.05) is 102 Å². The molecule has 0 atom stereocenters. The summed E-state index contributed by atoms with van der Waals surface area (Å²) < 4.78 is 11.6. The van der Waals surface area contributed by atoms with E-state index >= 15 is 0 Å². The molecule has 0 spiro atoms. The van der Waals surface area contributed by atoms with Gasteiger partial charge in [-0.25, -0.2) is 0 Å². The van der Waals surface area contributed by atoms with Crippen LogP contribution in [0.3, 0.4) is 0 Å². The second-order valence-corrected chi connectivity index (χ2v) is 8.77. The van der Waals surface area contributed by atoms with Gasteiger partial charge in [0, 0.05) is 11.1 Å². The quantitative estimate of drug-likeness (QED) is 0.166. The number of esters is 1. The van der Waals surface area contributed by atoms with Gasteiger partial charge in [0.25, 0.3) is 0 Å². The maximum absolute atomic E-state index is 12.6.